The van der Waals surface area contributed by atoms with Crippen LogP contribution in [0.25, 0.3) is 0 Å². The molecule has 0 radical (unpaired) electrons. The van der Waals surface area contributed by atoms with Crippen LogP contribution in [0.2, 0.25) is 5.02 Å². The molecule has 0 N–H and O–H groups in total. The lowest BCUT2D eigenvalue weighted by molar-refractivity contribution is -0.111. The highest BCUT2D eigenvalue weighted by Crippen LogP contribution is 2.18. The Kier molecular flexibility index (Phi) is 4.29. The van der Waals surface area contributed by atoms with Gasteiger partial charge in [0.15, 0.2) is 5.78 Å². The number of allylic oxidation sites excluding steroid dienone is 4. The van der Waals surface area contributed by atoms with Crippen LogP contribution in [0.4, 0.5) is 0 Å². The second kappa shape index (κ2) is 5.83. The van der Waals surface area contributed by atoms with Gasteiger partial charge in [0.1, 0.15) is 10.6 Å². The zero-order valence-electron chi connectivity index (χ0n) is 11.3. The molecule has 0 spiro atoms. The van der Waals surface area contributed by atoms with Gasteiger partial charge in [-0.05, 0) is 55.8 Å². The fourth-order valence-electron chi connectivity index (χ4n) is 1.61. The molecule has 0 saturated carbocycles. The van der Waals surface area contributed by atoms with Crippen LogP contribution >= 0.6 is 11.6 Å². The summed E-state index contributed by atoms with van der Waals surface area (Å²) in [5.74, 6) is -0.132. The largest absolute Gasteiger partial charge is 0.358 e. The summed E-state index contributed by atoms with van der Waals surface area (Å²) in [7, 11) is -4.02. The number of carbonyl (C=O) groups excluding carboxylic acids is 1. The second-order valence-corrected chi connectivity index (χ2v) is 6.37. The summed E-state index contributed by atoms with van der Waals surface area (Å²) >= 11 is 5.70. The van der Waals surface area contributed by atoms with Gasteiger partial charge < -0.3 is 0 Å². The molecule has 0 amide bonds. The Morgan fingerprint density at radius 2 is 1.67 bits per heavy atom. The van der Waals surface area contributed by atoms with Crippen molar-refractivity contribution in [2.24, 2.45) is 5.16 Å². The maximum absolute atomic E-state index is 12.0. The molecule has 0 bridgehead atoms. The molecular weight excluding hydrogens is 314 g/mol. The molecular formula is C14H12ClNO4S. The summed E-state index contributed by atoms with van der Waals surface area (Å²) < 4.78 is 28.6. The number of halogens is 1. The molecule has 110 valence electrons. The molecule has 7 heteroatoms. The Bertz CT molecular complexity index is 774. The molecule has 0 aromatic heterocycles. The van der Waals surface area contributed by atoms with Crippen molar-refractivity contribution >= 4 is 33.2 Å². The van der Waals surface area contributed by atoms with Crippen LogP contribution in [0.3, 0.4) is 0 Å². The van der Waals surface area contributed by atoms with E-state index in [1.807, 2.05) is 0 Å². The Hall–Kier alpha value is -1.92. The molecule has 0 saturated heterocycles. The van der Waals surface area contributed by atoms with E-state index in [0.717, 1.165) is 0 Å². The van der Waals surface area contributed by atoms with Crippen molar-refractivity contribution in [1.82, 2.24) is 0 Å². The third kappa shape index (κ3) is 3.40. The standard InChI is InChI=1S/C14H12ClNO4S/c1-9-10(2)14(17)8-7-13(9)16-20-21(18,19)12-5-3-11(15)4-6-12/h3-8H,1-2H3. The highest BCUT2D eigenvalue weighted by molar-refractivity contribution is 7.86. The topological polar surface area (TPSA) is 72.8 Å². The van der Waals surface area contributed by atoms with Crippen molar-refractivity contribution in [3.8, 4) is 0 Å². The smallest absolute Gasteiger partial charge is 0.290 e. The molecule has 0 fully saturated rings. The van der Waals surface area contributed by atoms with E-state index in [0.29, 0.717) is 21.9 Å². The first-order valence-electron chi connectivity index (χ1n) is 5.99. The minimum atomic E-state index is -4.02. The summed E-state index contributed by atoms with van der Waals surface area (Å²) in [6.07, 6.45) is 2.74. The van der Waals surface area contributed by atoms with Crippen molar-refractivity contribution in [1.29, 1.82) is 0 Å². The van der Waals surface area contributed by atoms with Crippen molar-refractivity contribution in [3.05, 3.63) is 52.6 Å². The number of benzene rings is 1. The minimum absolute atomic E-state index is 0.0505. The van der Waals surface area contributed by atoms with Crippen LogP contribution in [0, 0.1) is 0 Å². The van der Waals surface area contributed by atoms with Gasteiger partial charge in [-0.25, -0.2) is 0 Å². The highest BCUT2D eigenvalue weighted by atomic mass is 35.5. The van der Waals surface area contributed by atoms with Gasteiger partial charge >= 0.3 is 10.1 Å². The van der Waals surface area contributed by atoms with Gasteiger partial charge in [0.2, 0.25) is 0 Å². The van der Waals surface area contributed by atoms with Gasteiger partial charge in [-0.3, -0.25) is 9.08 Å². The third-order valence-electron chi connectivity index (χ3n) is 3.04. The quantitative estimate of drug-likeness (QED) is 0.632. The first kappa shape index (κ1) is 15.5. The summed E-state index contributed by atoms with van der Waals surface area (Å²) in [6.45, 7) is 3.32. The highest BCUT2D eigenvalue weighted by Gasteiger charge is 2.18. The molecule has 2 rings (SSSR count). The summed E-state index contributed by atoms with van der Waals surface area (Å²) in [6, 6.07) is 5.54. The lowest BCUT2D eigenvalue weighted by atomic mass is 9.97. The van der Waals surface area contributed by atoms with Crippen molar-refractivity contribution in [3.63, 3.8) is 0 Å². The van der Waals surface area contributed by atoms with Crippen LogP contribution in [-0.4, -0.2) is 19.9 Å². The number of rotatable bonds is 3. The van der Waals surface area contributed by atoms with E-state index in [4.69, 9.17) is 11.6 Å². The fourth-order valence-corrected chi connectivity index (χ4v) is 2.47. The van der Waals surface area contributed by atoms with E-state index < -0.39 is 10.1 Å². The summed E-state index contributed by atoms with van der Waals surface area (Å²) in [5, 5.41) is 4.04. The molecule has 21 heavy (non-hydrogen) atoms. The average Bonchev–Trinajstić information content (AvgIpc) is 2.44. The van der Waals surface area contributed by atoms with Crippen LogP contribution in [0.15, 0.2) is 57.6 Å². The third-order valence-corrected chi connectivity index (χ3v) is 4.42. The predicted octanol–water partition coefficient (Wildman–Crippen LogP) is 2.88. The maximum atomic E-state index is 12.0. The predicted molar refractivity (Wildman–Crippen MR) is 79.7 cm³/mol. The van der Waals surface area contributed by atoms with Crippen molar-refractivity contribution in [2.45, 2.75) is 18.7 Å². The molecule has 1 aromatic rings. The van der Waals surface area contributed by atoms with Gasteiger partial charge in [-0.15, -0.1) is 0 Å². The zero-order valence-corrected chi connectivity index (χ0v) is 12.9. The Balaban J connectivity index is 2.26. The normalized spacial score (nSPS) is 17.5. The number of hydrogen-bond acceptors (Lipinski definition) is 5. The monoisotopic (exact) mass is 325 g/mol. The second-order valence-electron chi connectivity index (χ2n) is 4.41. The Morgan fingerprint density at radius 1 is 1.05 bits per heavy atom. The number of carbonyl (C=O) groups is 1. The van der Waals surface area contributed by atoms with E-state index in [2.05, 4.69) is 9.44 Å². The minimum Gasteiger partial charge on any atom is -0.290 e. The fraction of sp³-hybridized carbons (Fsp3) is 0.143. The van der Waals surface area contributed by atoms with Gasteiger partial charge in [0, 0.05) is 10.6 Å². The van der Waals surface area contributed by atoms with Crippen molar-refractivity contribution < 1.29 is 17.5 Å². The van der Waals surface area contributed by atoms with Gasteiger partial charge in [-0.1, -0.05) is 16.8 Å². The number of nitrogens with zero attached hydrogens (tertiary/aromatic N) is 1. The molecule has 0 heterocycles. The molecule has 0 atom stereocenters. The van der Waals surface area contributed by atoms with Crippen LogP contribution < -0.4 is 0 Å². The van der Waals surface area contributed by atoms with Crippen LogP contribution in [0.5, 0.6) is 0 Å². The maximum Gasteiger partial charge on any atom is 0.358 e. The zero-order chi connectivity index (χ0) is 15.6. The van der Waals surface area contributed by atoms with Gasteiger partial charge in [0.25, 0.3) is 0 Å². The first-order valence-corrected chi connectivity index (χ1v) is 7.77. The number of oxime groups is 1. The van der Waals surface area contributed by atoms with E-state index in [9.17, 15) is 13.2 Å². The lowest BCUT2D eigenvalue weighted by Gasteiger charge is -2.10. The van der Waals surface area contributed by atoms with E-state index in [1.165, 1.54) is 36.4 Å². The molecule has 0 unspecified atom stereocenters. The van der Waals surface area contributed by atoms with E-state index in [1.54, 1.807) is 13.8 Å². The molecule has 0 aliphatic heterocycles. The molecule has 1 aromatic carbocycles. The van der Waals surface area contributed by atoms with E-state index in [-0.39, 0.29) is 10.7 Å². The van der Waals surface area contributed by atoms with Crippen molar-refractivity contribution in [2.75, 3.05) is 0 Å². The molecule has 1 aliphatic rings. The SMILES string of the molecule is CC1=C(C)C(=NOS(=O)(=O)c2ccc(Cl)cc2)C=CC1=O. The molecule has 1 aliphatic carbocycles. The summed E-state index contributed by atoms with van der Waals surface area (Å²) in [5.41, 5.74) is 1.38. The first-order chi connectivity index (χ1) is 9.81. The number of ketones is 1. The molecule has 5 nitrogen and oxygen atoms in total. The van der Waals surface area contributed by atoms with Crippen LogP contribution in [0.1, 0.15) is 13.8 Å². The van der Waals surface area contributed by atoms with Gasteiger partial charge in [0.05, 0.1) is 0 Å². The van der Waals surface area contributed by atoms with Gasteiger partial charge in [-0.2, -0.15) is 8.42 Å². The van der Waals surface area contributed by atoms with E-state index >= 15 is 0 Å². The Labute approximate surface area is 127 Å². The lowest BCUT2D eigenvalue weighted by Crippen LogP contribution is -2.12. The Morgan fingerprint density at radius 3 is 2.29 bits per heavy atom. The summed E-state index contributed by atoms with van der Waals surface area (Å²) in [4.78, 5) is 11.4. The number of hydrogen-bond donors (Lipinski definition) is 0. The average molecular weight is 326 g/mol. The van der Waals surface area contributed by atoms with Crippen LogP contribution in [-0.2, 0) is 19.2 Å².